The van der Waals surface area contributed by atoms with Gasteiger partial charge in [0.15, 0.2) is 5.78 Å². The summed E-state index contributed by atoms with van der Waals surface area (Å²) in [6.45, 7) is 11.8. The molecular weight excluding hydrogens is 386 g/mol. The van der Waals surface area contributed by atoms with Crippen molar-refractivity contribution in [2.45, 2.75) is 72.0 Å². The number of aromatic nitrogens is 1. The minimum absolute atomic E-state index is 0.0673. The number of hydrogen-bond acceptors (Lipinski definition) is 6. The Bertz CT molecular complexity index is 859. The molecule has 1 aliphatic heterocycles. The Morgan fingerprint density at radius 2 is 1.63 bits per heavy atom. The quantitative estimate of drug-likeness (QED) is 0.736. The van der Waals surface area contributed by atoms with Gasteiger partial charge in [0.1, 0.15) is 17.0 Å². The average molecular weight is 418 g/mol. The lowest BCUT2D eigenvalue weighted by Crippen LogP contribution is -2.47. The van der Waals surface area contributed by atoms with E-state index in [-0.39, 0.29) is 11.9 Å². The number of rotatable bonds is 1. The predicted octanol–water partition coefficient (Wildman–Crippen LogP) is 4.18. The van der Waals surface area contributed by atoms with E-state index in [0.717, 1.165) is 0 Å². The highest BCUT2D eigenvalue weighted by Gasteiger charge is 2.48. The van der Waals surface area contributed by atoms with Gasteiger partial charge in [-0.2, -0.15) is 0 Å². The highest BCUT2D eigenvalue weighted by molar-refractivity contribution is 6.05. The summed E-state index contributed by atoms with van der Waals surface area (Å²) in [6, 6.07) is 3.34. The summed E-state index contributed by atoms with van der Waals surface area (Å²) in [4.78, 5) is 43.6. The van der Waals surface area contributed by atoms with Gasteiger partial charge in [-0.3, -0.25) is 10.1 Å². The second kappa shape index (κ2) is 7.56. The van der Waals surface area contributed by atoms with E-state index in [2.05, 4.69) is 10.3 Å². The van der Waals surface area contributed by atoms with Crippen molar-refractivity contribution in [2.75, 3.05) is 18.4 Å². The summed E-state index contributed by atoms with van der Waals surface area (Å²) in [5.74, 6) is 0.427. The fourth-order valence-corrected chi connectivity index (χ4v) is 3.85. The molecule has 0 aromatic carbocycles. The molecule has 1 aliphatic carbocycles. The van der Waals surface area contributed by atoms with Gasteiger partial charge in [0.25, 0.3) is 0 Å². The Balaban J connectivity index is 1.66. The predicted molar refractivity (Wildman–Crippen MR) is 112 cm³/mol. The van der Waals surface area contributed by atoms with Crippen LogP contribution in [0.3, 0.4) is 0 Å². The molecule has 0 atom stereocenters. The summed E-state index contributed by atoms with van der Waals surface area (Å²) in [5.41, 5.74) is -0.427. The second-order valence-electron chi connectivity index (χ2n) is 10.1. The van der Waals surface area contributed by atoms with E-state index in [1.165, 1.54) is 0 Å². The minimum atomic E-state index is -0.608. The number of pyridine rings is 1. The molecule has 1 spiro atoms. The third kappa shape index (κ3) is 4.91. The molecule has 1 N–H and O–H groups in total. The molecule has 0 radical (unpaired) electrons. The topological polar surface area (TPSA) is 97.8 Å². The maximum Gasteiger partial charge on any atom is 0.413 e. The number of nitrogens with one attached hydrogen (secondary N) is 1. The van der Waals surface area contributed by atoms with E-state index < -0.39 is 22.7 Å². The number of carbonyl (C=O) groups is 3. The van der Waals surface area contributed by atoms with Crippen LogP contribution < -0.4 is 5.32 Å². The molecular formula is C22H31N3O5. The lowest BCUT2D eigenvalue weighted by molar-refractivity contribution is 0.0113. The first-order chi connectivity index (χ1) is 13.8. The molecule has 164 valence electrons. The van der Waals surface area contributed by atoms with E-state index in [9.17, 15) is 14.4 Å². The molecule has 1 saturated heterocycles. The number of ether oxygens (including phenoxy) is 2. The molecule has 2 aliphatic rings. The molecule has 0 bridgehead atoms. The number of Topliss-reactive ketones (excluding diaryl/α,β-unsaturated/α-hetero) is 1. The first-order valence-electron chi connectivity index (χ1n) is 10.3. The van der Waals surface area contributed by atoms with Crippen molar-refractivity contribution >= 4 is 23.8 Å². The zero-order chi connectivity index (χ0) is 22.3. The number of fused-ring (bicyclic) bond motifs is 1. The number of anilines is 1. The third-order valence-electron chi connectivity index (χ3n) is 5.21. The normalized spacial score (nSPS) is 18.2. The zero-order valence-electron chi connectivity index (χ0n) is 18.6. The van der Waals surface area contributed by atoms with Crippen LogP contribution in [0.5, 0.6) is 0 Å². The van der Waals surface area contributed by atoms with Crippen LogP contribution in [-0.4, -0.2) is 52.1 Å². The van der Waals surface area contributed by atoms with E-state index in [0.29, 0.717) is 49.4 Å². The van der Waals surface area contributed by atoms with Gasteiger partial charge in [-0.15, -0.1) is 0 Å². The number of carbonyl (C=O) groups excluding carboxylic acids is 3. The largest absolute Gasteiger partial charge is 0.444 e. The van der Waals surface area contributed by atoms with Gasteiger partial charge < -0.3 is 14.4 Å². The minimum Gasteiger partial charge on any atom is -0.444 e. The highest BCUT2D eigenvalue weighted by atomic mass is 16.6. The van der Waals surface area contributed by atoms with Gasteiger partial charge in [-0.05, 0) is 66.5 Å². The lowest BCUT2D eigenvalue weighted by Gasteiger charge is -2.38. The number of piperidine rings is 1. The Kier molecular flexibility index (Phi) is 5.56. The van der Waals surface area contributed by atoms with Gasteiger partial charge in [-0.25, -0.2) is 14.6 Å². The first-order valence-corrected chi connectivity index (χ1v) is 10.3. The molecule has 0 saturated carbocycles. The Morgan fingerprint density at radius 3 is 2.20 bits per heavy atom. The van der Waals surface area contributed by atoms with E-state index in [4.69, 9.17) is 9.47 Å². The van der Waals surface area contributed by atoms with Crippen molar-refractivity contribution in [3.05, 3.63) is 23.4 Å². The number of nitrogens with zero attached hydrogens (tertiary/aromatic N) is 2. The average Bonchev–Trinajstić information content (AvgIpc) is 2.83. The molecule has 8 heteroatoms. The Hall–Kier alpha value is -2.64. The van der Waals surface area contributed by atoms with Crippen molar-refractivity contribution < 1.29 is 23.9 Å². The third-order valence-corrected chi connectivity index (χ3v) is 5.21. The summed E-state index contributed by atoms with van der Waals surface area (Å²) < 4.78 is 10.7. The van der Waals surface area contributed by atoms with Crippen LogP contribution in [0.1, 0.15) is 70.4 Å². The molecule has 2 amide bonds. The van der Waals surface area contributed by atoms with Crippen LogP contribution in [0.4, 0.5) is 15.4 Å². The van der Waals surface area contributed by atoms with Crippen molar-refractivity contribution in [1.29, 1.82) is 0 Å². The maximum absolute atomic E-state index is 13.1. The Labute approximate surface area is 177 Å². The summed E-state index contributed by atoms with van der Waals surface area (Å²) >= 11 is 0. The SMILES string of the molecule is CC(C)(C)OC(=O)Nc1ccc2c(n1)CC1(CCN(C(=O)OC(C)(C)C)CC1)C2=O. The number of ketones is 1. The van der Waals surface area contributed by atoms with E-state index >= 15 is 0 Å². The molecule has 1 aromatic rings. The number of amides is 2. The van der Waals surface area contributed by atoms with Crippen LogP contribution in [0.2, 0.25) is 0 Å². The highest BCUT2D eigenvalue weighted by Crippen LogP contribution is 2.44. The smallest absolute Gasteiger partial charge is 0.413 e. The van der Waals surface area contributed by atoms with Gasteiger partial charge in [0.05, 0.1) is 5.69 Å². The molecule has 1 aromatic heterocycles. The van der Waals surface area contributed by atoms with Crippen LogP contribution in [-0.2, 0) is 15.9 Å². The zero-order valence-corrected chi connectivity index (χ0v) is 18.6. The second-order valence-corrected chi connectivity index (χ2v) is 10.1. The molecule has 8 nitrogen and oxygen atoms in total. The van der Waals surface area contributed by atoms with Crippen molar-refractivity contribution in [1.82, 2.24) is 9.88 Å². The Morgan fingerprint density at radius 1 is 1.03 bits per heavy atom. The molecule has 30 heavy (non-hydrogen) atoms. The summed E-state index contributed by atoms with van der Waals surface area (Å²) in [7, 11) is 0. The number of hydrogen-bond donors (Lipinski definition) is 1. The number of likely N-dealkylation sites (tertiary alicyclic amines) is 1. The van der Waals surface area contributed by atoms with Gasteiger partial charge >= 0.3 is 12.2 Å². The van der Waals surface area contributed by atoms with Crippen molar-refractivity contribution in [2.24, 2.45) is 5.41 Å². The van der Waals surface area contributed by atoms with Gasteiger partial charge in [0.2, 0.25) is 0 Å². The van der Waals surface area contributed by atoms with Crippen LogP contribution in [0.25, 0.3) is 0 Å². The molecule has 2 heterocycles. The monoisotopic (exact) mass is 417 g/mol. The standard InChI is InChI=1S/C22H31N3O5/c1-20(2,3)29-18(27)24-16-8-7-14-15(23-16)13-22(17(14)26)9-11-25(12-10-22)19(28)30-21(4,5)6/h7-8H,9-13H2,1-6H3,(H,23,24,27). The van der Waals surface area contributed by atoms with Gasteiger partial charge in [-0.1, -0.05) is 0 Å². The molecule has 1 fully saturated rings. The van der Waals surface area contributed by atoms with Crippen LogP contribution in [0.15, 0.2) is 12.1 Å². The molecule has 0 unspecified atom stereocenters. The first kappa shape index (κ1) is 22.1. The van der Waals surface area contributed by atoms with E-state index in [1.54, 1.807) is 37.8 Å². The fraction of sp³-hybridized carbons (Fsp3) is 0.636. The summed E-state index contributed by atoms with van der Waals surface area (Å²) in [6.07, 6.45) is 0.710. The van der Waals surface area contributed by atoms with Crippen LogP contribution >= 0.6 is 0 Å². The lowest BCUT2D eigenvalue weighted by atomic mass is 9.75. The van der Waals surface area contributed by atoms with Crippen LogP contribution in [0, 0.1) is 5.41 Å². The summed E-state index contributed by atoms with van der Waals surface area (Å²) in [5, 5.41) is 2.63. The van der Waals surface area contributed by atoms with Crippen molar-refractivity contribution in [3.63, 3.8) is 0 Å². The van der Waals surface area contributed by atoms with Gasteiger partial charge in [0, 0.05) is 30.5 Å². The van der Waals surface area contributed by atoms with E-state index in [1.807, 2.05) is 20.8 Å². The molecule has 3 rings (SSSR count). The maximum atomic E-state index is 13.1. The fourth-order valence-electron chi connectivity index (χ4n) is 3.85. The van der Waals surface area contributed by atoms with Crippen molar-refractivity contribution in [3.8, 4) is 0 Å².